The lowest BCUT2D eigenvalue weighted by Gasteiger charge is -2.39. The normalized spacial score (nSPS) is 16.4. The SMILES string of the molecule is C[C@@H](CNC(=O)c1ccc(=O)[nH]n1)N1CCN(c2ccccc2)CC1. The average Bonchev–Trinajstić information content (AvgIpc) is 2.67. The number of aromatic amines is 1. The van der Waals surface area contributed by atoms with Crippen LogP contribution in [0.25, 0.3) is 0 Å². The van der Waals surface area contributed by atoms with Crippen molar-refractivity contribution in [1.82, 2.24) is 20.4 Å². The summed E-state index contributed by atoms with van der Waals surface area (Å²) in [4.78, 5) is 27.8. The number of nitrogens with zero attached hydrogens (tertiary/aromatic N) is 3. The molecule has 3 rings (SSSR count). The Morgan fingerprint density at radius 3 is 2.52 bits per heavy atom. The van der Waals surface area contributed by atoms with E-state index in [0.29, 0.717) is 6.54 Å². The average molecular weight is 341 g/mol. The maximum atomic E-state index is 12.1. The van der Waals surface area contributed by atoms with Gasteiger partial charge in [-0.05, 0) is 25.1 Å². The number of carbonyl (C=O) groups is 1. The van der Waals surface area contributed by atoms with E-state index >= 15 is 0 Å². The predicted molar refractivity (Wildman–Crippen MR) is 96.9 cm³/mol. The number of nitrogens with one attached hydrogen (secondary N) is 2. The van der Waals surface area contributed by atoms with E-state index in [0.717, 1.165) is 26.2 Å². The van der Waals surface area contributed by atoms with Crippen LogP contribution in [0.2, 0.25) is 0 Å². The van der Waals surface area contributed by atoms with Gasteiger partial charge in [0.1, 0.15) is 5.69 Å². The molecule has 2 N–H and O–H groups in total. The van der Waals surface area contributed by atoms with E-state index in [9.17, 15) is 9.59 Å². The number of hydrogen-bond acceptors (Lipinski definition) is 5. The lowest BCUT2D eigenvalue weighted by molar-refractivity contribution is 0.0928. The van der Waals surface area contributed by atoms with Gasteiger partial charge in [0, 0.05) is 50.5 Å². The van der Waals surface area contributed by atoms with Crippen molar-refractivity contribution in [2.24, 2.45) is 0 Å². The van der Waals surface area contributed by atoms with Crippen molar-refractivity contribution < 1.29 is 4.79 Å². The first kappa shape index (κ1) is 17.2. The molecule has 0 spiro atoms. The molecule has 2 heterocycles. The van der Waals surface area contributed by atoms with Crippen LogP contribution in [0.4, 0.5) is 5.69 Å². The molecule has 0 bridgehead atoms. The zero-order valence-electron chi connectivity index (χ0n) is 14.3. The monoisotopic (exact) mass is 341 g/mol. The van der Waals surface area contributed by atoms with Crippen LogP contribution in [0.5, 0.6) is 0 Å². The van der Waals surface area contributed by atoms with Crippen molar-refractivity contribution in [3.63, 3.8) is 0 Å². The summed E-state index contributed by atoms with van der Waals surface area (Å²) in [6.45, 7) is 6.53. The predicted octanol–water partition coefficient (Wildman–Crippen LogP) is 0.710. The van der Waals surface area contributed by atoms with Crippen LogP contribution in [0.3, 0.4) is 0 Å². The number of carbonyl (C=O) groups excluding carboxylic acids is 1. The number of benzene rings is 1. The minimum Gasteiger partial charge on any atom is -0.369 e. The first-order valence-electron chi connectivity index (χ1n) is 8.51. The number of amides is 1. The fourth-order valence-electron chi connectivity index (χ4n) is 2.99. The Morgan fingerprint density at radius 1 is 1.16 bits per heavy atom. The number of anilines is 1. The second-order valence-electron chi connectivity index (χ2n) is 6.22. The van der Waals surface area contributed by atoms with Crippen LogP contribution < -0.4 is 15.8 Å². The van der Waals surface area contributed by atoms with Gasteiger partial charge < -0.3 is 10.2 Å². The molecule has 0 saturated carbocycles. The first-order chi connectivity index (χ1) is 12.1. The molecule has 7 heteroatoms. The Hall–Kier alpha value is -2.67. The summed E-state index contributed by atoms with van der Waals surface area (Å²) in [5, 5.41) is 8.89. The van der Waals surface area contributed by atoms with Gasteiger partial charge in [-0.3, -0.25) is 14.5 Å². The number of aromatic nitrogens is 2. The summed E-state index contributed by atoms with van der Waals surface area (Å²) < 4.78 is 0. The van der Waals surface area contributed by atoms with Crippen LogP contribution in [-0.4, -0.2) is 59.8 Å². The largest absolute Gasteiger partial charge is 0.369 e. The van der Waals surface area contributed by atoms with Crippen molar-refractivity contribution in [2.45, 2.75) is 13.0 Å². The number of H-pyrrole nitrogens is 1. The third-order valence-corrected chi connectivity index (χ3v) is 4.53. The second kappa shape index (κ2) is 7.94. The molecule has 25 heavy (non-hydrogen) atoms. The standard InChI is InChI=1S/C18H23N5O2/c1-14(13-19-18(25)16-7-8-17(24)21-20-16)22-9-11-23(12-10-22)15-5-3-2-4-6-15/h2-8,14H,9-13H2,1H3,(H,19,25)(H,21,24)/t14-/m0/s1. The molecular weight excluding hydrogens is 318 g/mol. The lowest BCUT2D eigenvalue weighted by atomic mass is 10.2. The van der Waals surface area contributed by atoms with Crippen molar-refractivity contribution in [1.29, 1.82) is 0 Å². The van der Waals surface area contributed by atoms with Crippen molar-refractivity contribution in [3.05, 3.63) is 58.5 Å². The number of para-hydroxylation sites is 1. The van der Waals surface area contributed by atoms with Crippen LogP contribution in [0.15, 0.2) is 47.3 Å². The molecule has 1 aliphatic rings. The summed E-state index contributed by atoms with van der Waals surface area (Å²) >= 11 is 0. The van der Waals surface area contributed by atoms with Gasteiger partial charge >= 0.3 is 0 Å². The molecule has 132 valence electrons. The topological polar surface area (TPSA) is 81.3 Å². The summed E-state index contributed by atoms with van der Waals surface area (Å²) in [5.41, 5.74) is 1.16. The van der Waals surface area contributed by atoms with E-state index in [1.807, 2.05) is 6.07 Å². The number of hydrogen-bond donors (Lipinski definition) is 2. The Bertz CT molecular complexity index is 733. The van der Waals surface area contributed by atoms with E-state index in [2.05, 4.69) is 56.5 Å². The minimum atomic E-state index is -0.318. The van der Waals surface area contributed by atoms with E-state index in [1.54, 1.807) is 0 Å². The molecule has 1 aromatic carbocycles. The highest BCUT2D eigenvalue weighted by Gasteiger charge is 2.21. The maximum absolute atomic E-state index is 12.1. The summed E-state index contributed by atoms with van der Waals surface area (Å²) in [6, 6.07) is 13.4. The Labute approximate surface area is 146 Å². The van der Waals surface area contributed by atoms with Crippen LogP contribution in [0.1, 0.15) is 17.4 Å². The molecule has 2 aromatic rings. The molecule has 1 aromatic heterocycles. The smallest absolute Gasteiger partial charge is 0.271 e. The van der Waals surface area contributed by atoms with Crippen molar-refractivity contribution >= 4 is 11.6 Å². The van der Waals surface area contributed by atoms with Gasteiger partial charge in [-0.25, -0.2) is 5.10 Å². The molecule has 0 unspecified atom stereocenters. The zero-order chi connectivity index (χ0) is 17.6. The Morgan fingerprint density at radius 2 is 1.88 bits per heavy atom. The number of rotatable bonds is 5. The molecule has 1 aliphatic heterocycles. The summed E-state index contributed by atoms with van der Waals surface area (Å²) in [5.74, 6) is -0.272. The van der Waals surface area contributed by atoms with E-state index in [-0.39, 0.29) is 23.2 Å². The van der Waals surface area contributed by atoms with Gasteiger partial charge in [0.05, 0.1) is 0 Å². The zero-order valence-corrected chi connectivity index (χ0v) is 14.3. The third kappa shape index (κ3) is 4.45. The highest BCUT2D eigenvalue weighted by atomic mass is 16.2. The quantitative estimate of drug-likeness (QED) is 0.837. The van der Waals surface area contributed by atoms with E-state index < -0.39 is 0 Å². The van der Waals surface area contributed by atoms with Gasteiger partial charge in [-0.1, -0.05) is 18.2 Å². The molecule has 1 saturated heterocycles. The van der Waals surface area contributed by atoms with Gasteiger partial charge in [0.2, 0.25) is 0 Å². The van der Waals surface area contributed by atoms with Crippen molar-refractivity contribution in [3.8, 4) is 0 Å². The Balaban J connectivity index is 1.46. The summed E-state index contributed by atoms with van der Waals surface area (Å²) in [7, 11) is 0. The molecule has 1 amide bonds. The first-order valence-corrected chi connectivity index (χ1v) is 8.51. The second-order valence-corrected chi connectivity index (χ2v) is 6.22. The lowest BCUT2D eigenvalue weighted by Crippen LogP contribution is -2.52. The van der Waals surface area contributed by atoms with Crippen LogP contribution in [0, 0.1) is 0 Å². The van der Waals surface area contributed by atoms with Crippen LogP contribution >= 0.6 is 0 Å². The molecule has 1 fully saturated rings. The van der Waals surface area contributed by atoms with Crippen molar-refractivity contribution in [2.75, 3.05) is 37.6 Å². The fourth-order valence-corrected chi connectivity index (χ4v) is 2.99. The van der Waals surface area contributed by atoms with Gasteiger partial charge in [-0.2, -0.15) is 5.10 Å². The Kier molecular flexibility index (Phi) is 5.45. The molecular formula is C18H23N5O2. The molecule has 0 aliphatic carbocycles. The third-order valence-electron chi connectivity index (χ3n) is 4.53. The van der Waals surface area contributed by atoms with E-state index in [1.165, 1.54) is 17.8 Å². The molecule has 7 nitrogen and oxygen atoms in total. The number of piperazine rings is 1. The van der Waals surface area contributed by atoms with Gasteiger partial charge in [-0.15, -0.1) is 0 Å². The summed E-state index contributed by atoms with van der Waals surface area (Å²) in [6.07, 6.45) is 0. The van der Waals surface area contributed by atoms with Crippen LogP contribution in [-0.2, 0) is 0 Å². The van der Waals surface area contributed by atoms with Gasteiger partial charge in [0.15, 0.2) is 0 Å². The maximum Gasteiger partial charge on any atom is 0.271 e. The fraction of sp³-hybridized carbons (Fsp3) is 0.389. The van der Waals surface area contributed by atoms with E-state index in [4.69, 9.17) is 0 Å². The van der Waals surface area contributed by atoms with Gasteiger partial charge in [0.25, 0.3) is 11.5 Å². The molecule has 1 atom stereocenters. The molecule has 0 radical (unpaired) electrons. The minimum absolute atomic E-state index is 0.223. The highest BCUT2D eigenvalue weighted by Crippen LogP contribution is 2.16. The highest BCUT2D eigenvalue weighted by molar-refractivity contribution is 5.91.